The third-order valence-electron chi connectivity index (χ3n) is 3.98. The molecule has 0 spiro atoms. The molecule has 2 heterocycles. The summed E-state index contributed by atoms with van der Waals surface area (Å²) >= 11 is 0. The monoisotopic (exact) mass is 330 g/mol. The number of halogens is 1. The van der Waals surface area contributed by atoms with Gasteiger partial charge < -0.3 is 0 Å². The first kappa shape index (κ1) is 15.2. The number of hydrogen-bond acceptors (Lipinski definition) is 3. The molecule has 0 unspecified atom stereocenters. The molecule has 0 aliphatic carbocycles. The summed E-state index contributed by atoms with van der Waals surface area (Å²) < 4.78 is 15.5. The number of rotatable bonds is 4. The van der Waals surface area contributed by atoms with Gasteiger partial charge in [0, 0.05) is 18.0 Å². The summed E-state index contributed by atoms with van der Waals surface area (Å²) in [5.74, 6) is -0.296. The van der Waals surface area contributed by atoms with Crippen LogP contribution in [0, 0.1) is 5.82 Å². The van der Waals surface area contributed by atoms with Crippen LogP contribution >= 0.6 is 0 Å². The smallest absolute Gasteiger partial charge is 0.132 e. The molecule has 0 saturated carbocycles. The number of nitrogens with zero attached hydrogens (tertiary/aromatic N) is 4. The van der Waals surface area contributed by atoms with E-state index in [-0.39, 0.29) is 5.82 Å². The molecule has 0 N–H and O–H groups in total. The predicted octanol–water partition coefficient (Wildman–Crippen LogP) is 4.19. The first-order valence-corrected chi connectivity index (χ1v) is 7.94. The van der Waals surface area contributed by atoms with Crippen molar-refractivity contribution in [3.63, 3.8) is 0 Å². The lowest BCUT2D eigenvalue weighted by Crippen LogP contribution is -2.00. The van der Waals surface area contributed by atoms with E-state index in [1.54, 1.807) is 35.3 Å². The van der Waals surface area contributed by atoms with Crippen LogP contribution in [0.15, 0.2) is 79.3 Å². The van der Waals surface area contributed by atoms with Crippen LogP contribution in [-0.4, -0.2) is 20.0 Å². The fourth-order valence-corrected chi connectivity index (χ4v) is 2.69. The molecule has 122 valence electrons. The third-order valence-corrected chi connectivity index (χ3v) is 3.98. The minimum atomic E-state index is -0.296. The van der Waals surface area contributed by atoms with Gasteiger partial charge >= 0.3 is 0 Å². The first-order chi connectivity index (χ1) is 12.3. The quantitative estimate of drug-likeness (QED) is 0.563. The topological polar surface area (TPSA) is 43.6 Å². The van der Waals surface area contributed by atoms with Crippen LogP contribution in [0.1, 0.15) is 5.56 Å². The van der Waals surface area contributed by atoms with Gasteiger partial charge in [0.1, 0.15) is 11.5 Å². The molecule has 0 aliphatic rings. The Bertz CT molecular complexity index is 978. The maximum absolute atomic E-state index is 13.8. The second-order valence-corrected chi connectivity index (χ2v) is 5.72. The van der Waals surface area contributed by atoms with E-state index in [0.29, 0.717) is 17.8 Å². The molecule has 0 atom stereocenters. The highest BCUT2D eigenvalue weighted by atomic mass is 19.1. The molecule has 0 bridgehead atoms. The van der Waals surface area contributed by atoms with Gasteiger partial charge in [-0.25, -0.2) is 9.07 Å². The number of pyridine rings is 1. The zero-order chi connectivity index (χ0) is 17.1. The Morgan fingerprint density at radius 2 is 1.72 bits per heavy atom. The summed E-state index contributed by atoms with van der Waals surface area (Å²) in [6.07, 6.45) is 5.36. The predicted molar refractivity (Wildman–Crippen MR) is 94.2 cm³/mol. The lowest BCUT2D eigenvalue weighted by Gasteiger charge is -2.04. The maximum atomic E-state index is 13.8. The van der Waals surface area contributed by atoms with Crippen molar-refractivity contribution in [2.75, 3.05) is 0 Å². The molecule has 0 saturated heterocycles. The van der Waals surface area contributed by atoms with E-state index in [0.717, 1.165) is 16.7 Å². The van der Waals surface area contributed by atoms with E-state index in [9.17, 15) is 4.39 Å². The molecular formula is C20H15FN4. The maximum Gasteiger partial charge on any atom is 0.132 e. The van der Waals surface area contributed by atoms with Gasteiger partial charge in [0.2, 0.25) is 0 Å². The van der Waals surface area contributed by atoms with Crippen molar-refractivity contribution < 1.29 is 4.39 Å². The van der Waals surface area contributed by atoms with Crippen molar-refractivity contribution in [3.8, 4) is 22.4 Å². The Balaban J connectivity index is 1.52. The molecule has 5 heteroatoms. The van der Waals surface area contributed by atoms with Crippen LogP contribution in [0.3, 0.4) is 0 Å². The summed E-state index contributed by atoms with van der Waals surface area (Å²) in [7, 11) is 0. The van der Waals surface area contributed by atoms with E-state index >= 15 is 0 Å². The molecule has 0 fully saturated rings. The van der Waals surface area contributed by atoms with E-state index < -0.39 is 0 Å². The molecule has 2 aromatic carbocycles. The van der Waals surface area contributed by atoms with Crippen LogP contribution in [0.5, 0.6) is 0 Å². The van der Waals surface area contributed by atoms with Crippen molar-refractivity contribution >= 4 is 0 Å². The largest absolute Gasteiger partial charge is 0.264 e. The summed E-state index contributed by atoms with van der Waals surface area (Å²) in [5.41, 5.74) is 4.28. The molecule has 0 amide bonds. The van der Waals surface area contributed by atoms with Gasteiger partial charge in [-0.15, -0.1) is 5.10 Å². The van der Waals surface area contributed by atoms with Crippen molar-refractivity contribution in [3.05, 3.63) is 90.6 Å². The van der Waals surface area contributed by atoms with Gasteiger partial charge in [0.15, 0.2) is 0 Å². The zero-order valence-corrected chi connectivity index (χ0v) is 13.4. The normalized spacial score (nSPS) is 10.8. The Labute approximate surface area is 144 Å². The second kappa shape index (κ2) is 6.65. The van der Waals surface area contributed by atoms with Crippen molar-refractivity contribution in [2.45, 2.75) is 6.54 Å². The highest BCUT2D eigenvalue weighted by Crippen LogP contribution is 2.21. The molecule has 25 heavy (non-hydrogen) atoms. The minimum Gasteiger partial charge on any atom is -0.264 e. The molecular weight excluding hydrogens is 315 g/mol. The van der Waals surface area contributed by atoms with E-state index in [1.165, 1.54) is 6.07 Å². The van der Waals surface area contributed by atoms with Crippen LogP contribution in [0.2, 0.25) is 0 Å². The minimum absolute atomic E-state index is 0.296. The Kier molecular flexibility index (Phi) is 4.04. The van der Waals surface area contributed by atoms with Gasteiger partial charge in [-0.2, -0.15) is 0 Å². The number of benzene rings is 2. The SMILES string of the molecule is Fc1ccccc1-c1cn(Cc2ccc(-c3cccnc3)cc2)nn1. The summed E-state index contributed by atoms with van der Waals surface area (Å²) in [6, 6.07) is 18.7. The Morgan fingerprint density at radius 3 is 2.48 bits per heavy atom. The molecule has 4 aromatic rings. The van der Waals surface area contributed by atoms with Gasteiger partial charge in [-0.3, -0.25) is 4.98 Å². The Morgan fingerprint density at radius 1 is 0.880 bits per heavy atom. The van der Waals surface area contributed by atoms with Crippen molar-refractivity contribution in [1.29, 1.82) is 0 Å². The average molecular weight is 330 g/mol. The molecule has 4 rings (SSSR count). The lowest BCUT2D eigenvalue weighted by atomic mass is 10.1. The molecule has 0 aliphatic heterocycles. The fraction of sp³-hybridized carbons (Fsp3) is 0.0500. The summed E-state index contributed by atoms with van der Waals surface area (Å²) in [6.45, 7) is 0.578. The van der Waals surface area contributed by atoms with Crippen LogP contribution in [0.4, 0.5) is 4.39 Å². The zero-order valence-electron chi connectivity index (χ0n) is 13.4. The van der Waals surface area contributed by atoms with Crippen molar-refractivity contribution in [2.24, 2.45) is 0 Å². The van der Waals surface area contributed by atoms with Gasteiger partial charge in [-0.1, -0.05) is 47.7 Å². The molecule has 0 radical (unpaired) electrons. The van der Waals surface area contributed by atoms with E-state index in [1.807, 2.05) is 30.5 Å². The lowest BCUT2D eigenvalue weighted by molar-refractivity contribution is 0.630. The highest BCUT2D eigenvalue weighted by molar-refractivity contribution is 5.62. The fourth-order valence-electron chi connectivity index (χ4n) is 2.69. The number of hydrogen-bond donors (Lipinski definition) is 0. The molecule has 4 nitrogen and oxygen atoms in total. The highest BCUT2D eigenvalue weighted by Gasteiger charge is 2.08. The van der Waals surface area contributed by atoms with Gasteiger partial charge in [-0.05, 0) is 34.9 Å². The van der Waals surface area contributed by atoms with Gasteiger partial charge in [0.05, 0.1) is 12.7 Å². The number of aromatic nitrogens is 4. The summed E-state index contributed by atoms with van der Waals surface area (Å²) in [4.78, 5) is 4.14. The van der Waals surface area contributed by atoms with E-state index in [2.05, 4.69) is 27.4 Å². The third kappa shape index (κ3) is 3.30. The molecule has 2 aromatic heterocycles. The van der Waals surface area contributed by atoms with Crippen LogP contribution in [0.25, 0.3) is 22.4 Å². The Hall–Kier alpha value is -3.34. The van der Waals surface area contributed by atoms with Gasteiger partial charge in [0.25, 0.3) is 0 Å². The van der Waals surface area contributed by atoms with Crippen LogP contribution in [-0.2, 0) is 6.54 Å². The standard InChI is InChI=1S/C20H15FN4/c21-19-6-2-1-5-18(19)20-14-25(24-23-20)13-15-7-9-16(10-8-15)17-4-3-11-22-12-17/h1-12,14H,13H2. The van der Waals surface area contributed by atoms with Crippen molar-refractivity contribution in [1.82, 2.24) is 20.0 Å². The second-order valence-electron chi connectivity index (χ2n) is 5.72. The average Bonchev–Trinajstić information content (AvgIpc) is 3.12. The van der Waals surface area contributed by atoms with E-state index in [4.69, 9.17) is 0 Å². The van der Waals surface area contributed by atoms with Crippen LogP contribution < -0.4 is 0 Å². The summed E-state index contributed by atoms with van der Waals surface area (Å²) in [5, 5.41) is 8.17. The first-order valence-electron chi connectivity index (χ1n) is 7.94.